The van der Waals surface area contributed by atoms with Gasteiger partial charge in [0.25, 0.3) is 5.91 Å². The fourth-order valence-electron chi connectivity index (χ4n) is 3.86. The topological polar surface area (TPSA) is 87.5 Å². The molecule has 0 spiro atoms. The second-order valence-corrected chi connectivity index (χ2v) is 6.88. The minimum absolute atomic E-state index is 0.00584. The Morgan fingerprint density at radius 2 is 2.00 bits per heavy atom. The highest BCUT2D eigenvalue weighted by molar-refractivity contribution is 5.94. The smallest absolute Gasteiger partial charge is 0.320 e. The Hall–Kier alpha value is -2.97. The molecule has 142 valence electrons. The summed E-state index contributed by atoms with van der Waals surface area (Å²) in [6, 6.07) is 7.66. The highest BCUT2D eigenvalue weighted by Gasteiger charge is 2.35. The van der Waals surface area contributed by atoms with E-state index in [0.29, 0.717) is 18.7 Å². The summed E-state index contributed by atoms with van der Waals surface area (Å²) in [5, 5.41) is 11.1. The van der Waals surface area contributed by atoms with E-state index in [1.807, 2.05) is 39.8 Å². The molecule has 3 heterocycles. The van der Waals surface area contributed by atoms with Gasteiger partial charge < -0.3 is 14.7 Å². The molecule has 0 radical (unpaired) electrons. The number of carbonyl (C=O) groups is 2. The second-order valence-electron chi connectivity index (χ2n) is 6.88. The predicted octanol–water partition coefficient (Wildman–Crippen LogP) is 1.02. The Bertz CT molecular complexity index is 815. The van der Waals surface area contributed by atoms with E-state index in [2.05, 4.69) is 15.5 Å². The molecule has 2 fully saturated rings. The summed E-state index contributed by atoms with van der Waals surface area (Å²) < 4.78 is 1.53. The monoisotopic (exact) mass is 369 g/mol. The zero-order valence-electron chi connectivity index (χ0n) is 15.4. The quantitative estimate of drug-likeness (QED) is 0.803. The van der Waals surface area contributed by atoms with Crippen LogP contribution in [0.15, 0.2) is 30.6 Å². The minimum atomic E-state index is 0.00584. The number of carbonyl (C=O) groups excluding carboxylic acids is 2. The van der Waals surface area contributed by atoms with E-state index < -0.39 is 0 Å². The van der Waals surface area contributed by atoms with Crippen LogP contribution in [0.4, 0.5) is 4.79 Å². The van der Waals surface area contributed by atoms with Crippen molar-refractivity contribution in [3.8, 4) is 5.69 Å². The highest BCUT2D eigenvalue weighted by atomic mass is 16.2. The number of hydrogen-bond donors (Lipinski definition) is 0. The maximum atomic E-state index is 12.9. The third kappa shape index (κ3) is 3.36. The molecular formula is C18H23N7O2. The molecule has 0 aliphatic carbocycles. The summed E-state index contributed by atoms with van der Waals surface area (Å²) in [4.78, 5) is 31.0. The summed E-state index contributed by atoms with van der Waals surface area (Å²) in [6.45, 7) is 5.68. The molecule has 0 bridgehead atoms. The van der Waals surface area contributed by atoms with Gasteiger partial charge in [0.1, 0.15) is 6.33 Å². The van der Waals surface area contributed by atoms with Crippen LogP contribution in [0, 0.1) is 0 Å². The van der Waals surface area contributed by atoms with Crippen molar-refractivity contribution in [2.45, 2.75) is 25.8 Å². The average Bonchev–Trinajstić information content (AvgIpc) is 3.37. The molecule has 9 nitrogen and oxygen atoms in total. The Morgan fingerprint density at radius 3 is 2.67 bits per heavy atom. The number of likely N-dealkylation sites (N-methyl/N-ethyl adjacent to an activating group) is 1. The number of aromatic nitrogens is 4. The van der Waals surface area contributed by atoms with Gasteiger partial charge in [-0.1, -0.05) is 6.07 Å². The third-order valence-corrected chi connectivity index (χ3v) is 5.41. The number of benzene rings is 1. The predicted molar refractivity (Wildman–Crippen MR) is 97.4 cm³/mol. The summed E-state index contributed by atoms with van der Waals surface area (Å²) in [6.07, 6.45) is 3.14. The van der Waals surface area contributed by atoms with Gasteiger partial charge in [0.15, 0.2) is 0 Å². The lowest BCUT2D eigenvalue weighted by molar-refractivity contribution is 0.0663. The van der Waals surface area contributed by atoms with Crippen molar-refractivity contribution in [1.82, 2.24) is 34.9 Å². The number of likely N-dealkylation sites (tertiary alicyclic amines) is 1. The molecule has 2 aromatic rings. The number of hydrogen-bond acceptors (Lipinski definition) is 5. The van der Waals surface area contributed by atoms with Gasteiger partial charge in [0.2, 0.25) is 0 Å². The molecular weight excluding hydrogens is 346 g/mol. The summed E-state index contributed by atoms with van der Waals surface area (Å²) in [5.41, 5.74) is 1.37. The van der Waals surface area contributed by atoms with E-state index in [0.717, 1.165) is 38.2 Å². The molecule has 4 rings (SSSR count). The van der Waals surface area contributed by atoms with E-state index >= 15 is 0 Å². The van der Waals surface area contributed by atoms with E-state index in [4.69, 9.17) is 0 Å². The Labute approximate surface area is 157 Å². The van der Waals surface area contributed by atoms with Crippen LogP contribution in [0.3, 0.4) is 0 Å². The standard InChI is InChI=1S/C18H23N7O2/c1-2-22-10-11-24(18(22)27)15-6-8-23(9-7-15)17(26)14-4-3-5-16(12-14)25-13-19-20-21-25/h3-5,12-13,15H,2,6-11H2,1H3. The largest absolute Gasteiger partial charge is 0.338 e. The Balaban J connectivity index is 1.39. The normalized spacial score (nSPS) is 18.4. The Kier molecular flexibility index (Phi) is 4.74. The SMILES string of the molecule is CCN1CCN(C2CCN(C(=O)c3cccc(-n4cnnn4)c3)CC2)C1=O. The fourth-order valence-corrected chi connectivity index (χ4v) is 3.86. The number of amides is 3. The first-order valence-electron chi connectivity index (χ1n) is 9.35. The molecule has 2 aliphatic heterocycles. The van der Waals surface area contributed by atoms with E-state index in [9.17, 15) is 9.59 Å². The summed E-state index contributed by atoms with van der Waals surface area (Å²) in [5.74, 6) is 0.00584. The molecule has 0 N–H and O–H groups in total. The first-order valence-corrected chi connectivity index (χ1v) is 9.35. The molecule has 2 saturated heterocycles. The summed E-state index contributed by atoms with van der Waals surface area (Å²) >= 11 is 0. The number of tetrazole rings is 1. The fraction of sp³-hybridized carbons (Fsp3) is 0.500. The average molecular weight is 369 g/mol. The number of piperidine rings is 1. The van der Waals surface area contributed by atoms with Crippen molar-refractivity contribution in [3.05, 3.63) is 36.2 Å². The van der Waals surface area contributed by atoms with Crippen LogP contribution >= 0.6 is 0 Å². The van der Waals surface area contributed by atoms with E-state index in [1.165, 1.54) is 11.0 Å². The molecule has 9 heteroatoms. The first kappa shape index (κ1) is 17.4. The van der Waals surface area contributed by atoms with Gasteiger partial charge in [-0.25, -0.2) is 9.48 Å². The Morgan fingerprint density at radius 1 is 1.19 bits per heavy atom. The van der Waals surface area contributed by atoms with Crippen molar-refractivity contribution >= 4 is 11.9 Å². The zero-order chi connectivity index (χ0) is 18.8. The van der Waals surface area contributed by atoms with Crippen LogP contribution < -0.4 is 0 Å². The lowest BCUT2D eigenvalue weighted by Crippen LogP contribution is -2.48. The molecule has 3 amide bonds. The van der Waals surface area contributed by atoms with Gasteiger partial charge >= 0.3 is 6.03 Å². The van der Waals surface area contributed by atoms with Crippen molar-refractivity contribution in [2.75, 3.05) is 32.7 Å². The van der Waals surface area contributed by atoms with Crippen LogP contribution in [-0.4, -0.2) is 85.6 Å². The van der Waals surface area contributed by atoms with Crippen molar-refractivity contribution < 1.29 is 9.59 Å². The number of urea groups is 1. The first-order chi connectivity index (χ1) is 13.2. The molecule has 1 aromatic heterocycles. The van der Waals surface area contributed by atoms with Crippen LogP contribution in [0.1, 0.15) is 30.1 Å². The van der Waals surface area contributed by atoms with Gasteiger partial charge in [0, 0.05) is 44.3 Å². The van der Waals surface area contributed by atoms with Crippen LogP contribution in [0.2, 0.25) is 0 Å². The minimum Gasteiger partial charge on any atom is -0.338 e. The van der Waals surface area contributed by atoms with Crippen molar-refractivity contribution in [3.63, 3.8) is 0 Å². The van der Waals surface area contributed by atoms with Gasteiger partial charge in [0.05, 0.1) is 5.69 Å². The summed E-state index contributed by atoms with van der Waals surface area (Å²) in [7, 11) is 0. The molecule has 0 unspecified atom stereocenters. The van der Waals surface area contributed by atoms with Gasteiger partial charge in [-0.2, -0.15) is 0 Å². The lowest BCUT2D eigenvalue weighted by Gasteiger charge is -2.36. The molecule has 0 atom stereocenters. The van der Waals surface area contributed by atoms with Crippen LogP contribution in [0.5, 0.6) is 0 Å². The van der Waals surface area contributed by atoms with Crippen molar-refractivity contribution in [1.29, 1.82) is 0 Å². The highest BCUT2D eigenvalue weighted by Crippen LogP contribution is 2.22. The van der Waals surface area contributed by atoms with Crippen LogP contribution in [0.25, 0.3) is 5.69 Å². The maximum absolute atomic E-state index is 12.9. The van der Waals surface area contributed by atoms with E-state index in [1.54, 1.807) is 6.07 Å². The third-order valence-electron chi connectivity index (χ3n) is 5.41. The van der Waals surface area contributed by atoms with Gasteiger partial charge in [-0.05, 0) is 48.4 Å². The van der Waals surface area contributed by atoms with Crippen LogP contribution in [-0.2, 0) is 0 Å². The van der Waals surface area contributed by atoms with Gasteiger partial charge in [-0.15, -0.1) is 5.10 Å². The zero-order valence-corrected chi connectivity index (χ0v) is 15.4. The molecule has 1 aromatic carbocycles. The van der Waals surface area contributed by atoms with Gasteiger partial charge in [-0.3, -0.25) is 4.79 Å². The van der Waals surface area contributed by atoms with E-state index in [-0.39, 0.29) is 18.0 Å². The number of rotatable bonds is 4. The molecule has 27 heavy (non-hydrogen) atoms. The lowest BCUT2D eigenvalue weighted by atomic mass is 10.0. The second kappa shape index (κ2) is 7.34. The van der Waals surface area contributed by atoms with Crippen molar-refractivity contribution in [2.24, 2.45) is 0 Å². The maximum Gasteiger partial charge on any atom is 0.320 e. The molecule has 2 aliphatic rings. The number of nitrogens with zero attached hydrogens (tertiary/aromatic N) is 7. The molecule has 0 saturated carbocycles.